The number of carbonyl (C=O) groups is 4. The van der Waals surface area contributed by atoms with E-state index in [-0.39, 0.29) is 42.5 Å². The molecule has 5 rings (SSSR count). The molecule has 2 aromatic carbocycles. The van der Waals surface area contributed by atoms with Gasteiger partial charge in [0.15, 0.2) is 0 Å². The highest BCUT2D eigenvalue weighted by molar-refractivity contribution is 5.96. The minimum atomic E-state index is -1.01. The van der Waals surface area contributed by atoms with Crippen molar-refractivity contribution in [1.82, 2.24) is 25.8 Å². The second-order valence-corrected chi connectivity index (χ2v) is 12.6. The van der Waals surface area contributed by atoms with Crippen molar-refractivity contribution in [1.29, 1.82) is 0 Å². The van der Waals surface area contributed by atoms with Crippen molar-refractivity contribution in [3.05, 3.63) is 71.9 Å². The van der Waals surface area contributed by atoms with Crippen molar-refractivity contribution in [3.63, 3.8) is 0 Å². The van der Waals surface area contributed by atoms with Crippen LogP contribution in [0.1, 0.15) is 51.7 Å². The molecule has 0 radical (unpaired) electrons. The molecule has 3 aliphatic heterocycles. The molecule has 3 N–H and O–H groups in total. The number of likely N-dealkylation sites (tertiary alicyclic amines) is 1. The van der Waals surface area contributed by atoms with Crippen LogP contribution in [0.15, 0.2) is 60.8 Å². The van der Waals surface area contributed by atoms with Crippen LogP contribution in [0.4, 0.5) is 0 Å². The molecule has 3 aliphatic rings. The molecule has 0 aromatic heterocycles. The summed E-state index contributed by atoms with van der Waals surface area (Å²) in [4.78, 5) is 58.7. The number of ether oxygens (including phenoxy) is 1. The number of nitrogens with one attached hydrogen (secondary N) is 3. The van der Waals surface area contributed by atoms with E-state index in [9.17, 15) is 19.2 Å². The van der Waals surface area contributed by atoms with Gasteiger partial charge in [-0.05, 0) is 55.3 Å². The fourth-order valence-electron chi connectivity index (χ4n) is 6.07. The highest BCUT2D eigenvalue weighted by atomic mass is 16.5. The third kappa shape index (κ3) is 8.30. The van der Waals surface area contributed by atoms with Crippen LogP contribution in [-0.4, -0.2) is 84.3 Å². The zero-order valence-corrected chi connectivity index (χ0v) is 27.2. The Morgan fingerprint density at radius 3 is 2.33 bits per heavy atom. The molecule has 2 bridgehead atoms. The predicted octanol–water partition coefficient (Wildman–Crippen LogP) is 2.98. The topological polar surface area (TPSA) is 120 Å². The van der Waals surface area contributed by atoms with Gasteiger partial charge in [-0.3, -0.25) is 24.1 Å². The molecule has 10 nitrogen and oxygen atoms in total. The molecule has 0 saturated carbocycles. The summed E-state index contributed by atoms with van der Waals surface area (Å²) in [5, 5.41) is 8.74. The summed E-state index contributed by atoms with van der Waals surface area (Å²) in [5.41, 5.74) is 1.75. The Morgan fingerprint density at radius 2 is 1.71 bits per heavy atom. The van der Waals surface area contributed by atoms with E-state index in [1.165, 1.54) is 4.90 Å². The Bertz CT molecular complexity index is 1360. The lowest BCUT2D eigenvalue weighted by molar-refractivity contribution is -0.145. The monoisotopic (exact) mass is 617 g/mol. The maximum absolute atomic E-state index is 14.3. The van der Waals surface area contributed by atoms with Gasteiger partial charge in [0.05, 0.1) is 6.04 Å². The summed E-state index contributed by atoms with van der Waals surface area (Å²) < 4.78 is 6.33. The smallest absolute Gasteiger partial charge is 0.247 e. The standard InChI is InChI=1S/C35H47N5O5/c1-7-23(4)30(39(5)6)33(42)38-29(22(2)3)35(44)40-20-18-28-31(40)34(43)37-27(21-25-11-9-8-10-12-25)32(41)36-19-17-24-13-15-26(45-28)16-14-24/h8-17,19,22-23,27-31H,7,18,20-21H2,1-6H3,(H,36,41)(H,37,43)(H,38,42)/t23-,27-,28+,29-,30-,31+/m0/s1. The van der Waals surface area contributed by atoms with Crippen LogP contribution in [0.5, 0.6) is 5.75 Å². The Morgan fingerprint density at radius 1 is 1.02 bits per heavy atom. The third-order valence-corrected chi connectivity index (χ3v) is 8.72. The van der Waals surface area contributed by atoms with E-state index < -0.39 is 36.2 Å². The van der Waals surface area contributed by atoms with E-state index >= 15 is 0 Å². The van der Waals surface area contributed by atoms with Gasteiger partial charge in [-0.1, -0.05) is 76.6 Å². The van der Waals surface area contributed by atoms with Crippen molar-refractivity contribution in [3.8, 4) is 5.75 Å². The lowest BCUT2D eigenvalue weighted by Crippen LogP contribution is -2.61. The first kappa shape index (κ1) is 33.7. The lowest BCUT2D eigenvalue weighted by Gasteiger charge is -2.35. The molecule has 4 amide bonds. The highest BCUT2D eigenvalue weighted by Crippen LogP contribution is 2.27. The van der Waals surface area contributed by atoms with E-state index in [0.717, 1.165) is 17.5 Å². The average molecular weight is 618 g/mol. The van der Waals surface area contributed by atoms with Crippen molar-refractivity contribution in [2.75, 3.05) is 20.6 Å². The zero-order valence-electron chi connectivity index (χ0n) is 27.2. The first-order chi connectivity index (χ1) is 21.5. The van der Waals surface area contributed by atoms with Crippen molar-refractivity contribution >= 4 is 29.7 Å². The Kier molecular flexibility index (Phi) is 11.4. The molecular formula is C35H47N5O5. The summed E-state index contributed by atoms with van der Waals surface area (Å²) in [6.07, 6.45) is 4.15. The van der Waals surface area contributed by atoms with Crippen LogP contribution in [0.2, 0.25) is 0 Å². The van der Waals surface area contributed by atoms with Gasteiger partial charge in [0, 0.05) is 25.6 Å². The largest absolute Gasteiger partial charge is 0.488 e. The minimum Gasteiger partial charge on any atom is -0.488 e. The number of rotatable bonds is 9. The second kappa shape index (κ2) is 15.2. The minimum absolute atomic E-state index is 0.0757. The molecule has 1 fully saturated rings. The molecule has 0 unspecified atom stereocenters. The van der Waals surface area contributed by atoms with Crippen molar-refractivity contribution < 1.29 is 23.9 Å². The van der Waals surface area contributed by atoms with Crippen LogP contribution in [-0.2, 0) is 25.6 Å². The molecule has 3 heterocycles. The van der Waals surface area contributed by atoms with E-state index in [1.807, 2.05) is 89.2 Å². The number of likely N-dealkylation sites (N-methyl/N-ethyl adjacent to an activating group) is 1. The number of hydrogen-bond donors (Lipinski definition) is 3. The fraction of sp³-hybridized carbons (Fsp3) is 0.486. The van der Waals surface area contributed by atoms with E-state index in [0.29, 0.717) is 12.2 Å². The van der Waals surface area contributed by atoms with Crippen LogP contribution >= 0.6 is 0 Å². The predicted molar refractivity (Wildman–Crippen MR) is 174 cm³/mol. The van der Waals surface area contributed by atoms with Gasteiger partial charge in [0.25, 0.3) is 0 Å². The van der Waals surface area contributed by atoms with E-state index in [2.05, 4.69) is 16.0 Å². The van der Waals surface area contributed by atoms with Gasteiger partial charge in [0.1, 0.15) is 30.0 Å². The average Bonchev–Trinajstić information content (AvgIpc) is 3.43. The number of amides is 4. The first-order valence-corrected chi connectivity index (χ1v) is 15.8. The Hall–Kier alpha value is -4.18. The summed E-state index contributed by atoms with van der Waals surface area (Å²) in [6, 6.07) is 13.6. The summed E-state index contributed by atoms with van der Waals surface area (Å²) >= 11 is 0. The molecular weight excluding hydrogens is 570 g/mol. The van der Waals surface area contributed by atoms with E-state index in [4.69, 9.17) is 4.74 Å². The van der Waals surface area contributed by atoms with Gasteiger partial charge >= 0.3 is 0 Å². The van der Waals surface area contributed by atoms with E-state index in [1.54, 1.807) is 24.4 Å². The number of hydrogen-bond acceptors (Lipinski definition) is 6. The second-order valence-electron chi connectivity index (χ2n) is 12.6. The number of nitrogens with zero attached hydrogens (tertiary/aromatic N) is 2. The van der Waals surface area contributed by atoms with Crippen molar-refractivity contribution in [2.45, 2.75) is 77.2 Å². The molecule has 10 heteroatoms. The summed E-state index contributed by atoms with van der Waals surface area (Å²) in [6.45, 7) is 8.07. The van der Waals surface area contributed by atoms with Gasteiger partial charge in [-0.15, -0.1) is 0 Å². The normalized spacial score (nSPS) is 22.1. The van der Waals surface area contributed by atoms with Crippen molar-refractivity contribution in [2.24, 2.45) is 11.8 Å². The quantitative estimate of drug-likeness (QED) is 0.398. The number of carbonyl (C=O) groups excluding carboxylic acids is 4. The maximum Gasteiger partial charge on any atom is 0.247 e. The van der Waals surface area contributed by atoms with Crippen LogP contribution in [0.3, 0.4) is 0 Å². The first-order valence-electron chi connectivity index (χ1n) is 15.8. The SMILES string of the molecule is CC[C@H](C)[C@@H](C(=O)N[C@H](C(=O)N1CC[C@H]2Oc3ccc(cc3)C=CNC(=O)[C@H](Cc3ccccc3)NC(=O)[C@@H]21)C(C)C)N(C)C. The van der Waals surface area contributed by atoms with Gasteiger partial charge < -0.3 is 25.6 Å². The van der Waals surface area contributed by atoms with Crippen LogP contribution in [0.25, 0.3) is 6.08 Å². The van der Waals surface area contributed by atoms with Gasteiger partial charge in [0.2, 0.25) is 23.6 Å². The molecule has 6 atom stereocenters. The van der Waals surface area contributed by atoms with Crippen LogP contribution in [0, 0.1) is 11.8 Å². The maximum atomic E-state index is 14.3. The Balaban J connectivity index is 1.66. The third-order valence-electron chi connectivity index (χ3n) is 8.72. The molecule has 2 aromatic rings. The molecule has 0 spiro atoms. The summed E-state index contributed by atoms with van der Waals surface area (Å²) in [5.74, 6) is -1.03. The molecule has 45 heavy (non-hydrogen) atoms. The Labute approximate surface area is 266 Å². The fourth-order valence-corrected chi connectivity index (χ4v) is 6.07. The number of benzene rings is 2. The molecule has 242 valence electrons. The van der Waals surface area contributed by atoms with Gasteiger partial charge in [-0.25, -0.2) is 0 Å². The zero-order chi connectivity index (χ0) is 32.7. The number of fused-ring (bicyclic) bond motifs is 7. The van der Waals surface area contributed by atoms with Gasteiger partial charge in [-0.2, -0.15) is 0 Å². The molecule has 1 saturated heterocycles. The van der Waals surface area contributed by atoms with Crippen LogP contribution < -0.4 is 20.7 Å². The highest BCUT2D eigenvalue weighted by Gasteiger charge is 2.47. The lowest BCUT2D eigenvalue weighted by atomic mass is 9.95. The summed E-state index contributed by atoms with van der Waals surface area (Å²) in [7, 11) is 3.71. The molecule has 0 aliphatic carbocycles.